The molecule has 0 radical (unpaired) electrons. The summed E-state index contributed by atoms with van der Waals surface area (Å²) in [5.41, 5.74) is 6.89. The van der Waals surface area contributed by atoms with Gasteiger partial charge in [-0.15, -0.1) is 11.3 Å². The van der Waals surface area contributed by atoms with E-state index in [0.717, 1.165) is 50.5 Å². The number of aryl methyl sites for hydroxylation is 1. The molecule has 0 spiro atoms. The van der Waals surface area contributed by atoms with Gasteiger partial charge in [0.05, 0.1) is 16.9 Å². The first-order valence-corrected chi connectivity index (χ1v) is 17.2. The Morgan fingerprint density at radius 3 is 2.36 bits per heavy atom. The van der Waals surface area contributed by atoms with Crippen LogP contribution < -0.4 is 5.32 Å². The zero-order valence-corrected chi connectivity index (χ0v) is 28.5. The molecule has 2 N–H and O–H groups in total. The molecule has 3 aromatic heterocycles. The van der Waals surface area contributed by atoms with Crippen LogP contribution in [0.25, 0.3) is 27.9 Å². The molecule has 9 heteroatoms. The number of H-pyrrole nitrogens is 1. The zero-order valence-electron chi connectivity index (χ0n) is 26.8. The number of fused-ring (bicyclic) bond motifs is 1. The summed E-state index contributed by atoms with van der Waals surface area (Å²) in [6.07, 6.45) is 6.08. The largest absolute Gasteiger partial charge is 0.347 e. The summed E-state index contributed by atoms with van der Waals surface area (Å²) in [4.78, 5) is 30.1. The first-order chi connectivity index (χ1) is 20.2. The Kier molecular flexibility index (Phi) is 13.7. The van der Waals surface area contributed by atoms with Crippen LogP contribution >= 0.6 is 11.3 Å². The Bertz CT molecular complexity index is 1510. The van der Waals surface area contributed by atoms with Crippen LogP contribution in [0.4, 0.5) is 0 Å². The molecular weight excluding hydrogens is 563 g/mol. The van der Waals surface area contributed by atoms with E-state index in [0.29, 0.717) is 22.9 Å². The quantitative estimate of drug-likeness (QED) is 0.237. The molecule has 0 fully saturated rings. The number of amides is 1. The van der Waals surface area contributed by atoms with Gasteiger partial charge >= 0.3 is 0 Å². The minimum absolute atomic E-state index is 0.0735. The maximum Gasteiger partial charge on any atom is 0.263 e. The average molecular weight is 610 g/mol. The molecule has 1 aromatic carbocycles. The second kappa shape index (κ2) is 16.5. The highest BCUT2D eigenvalue weighted by molar-refractivity contribution is 7.85. The van der Waals surface area contributed by atoms with Crippen LogP contribution in [0.5, 0.6) is 0 Å². The fraction of sp³-hybridized carbons (Fsp3) is 0.455. The number of allylic oxidation sites excluding steroid dienone is 1. The number of hydrogen-bond donors (Lipinski definition) is 2. The molecule has 42 heavy (non-hydrogen) atoms. The molecule has 1 atom stereocenters. The maximum atomic E-state index is 12.7. The van der Waals surface area contributed by atoms with Crippen LogP contribution in [0.15, 0.2) is 42.9 Å². The summed E-state index contributed by atoms with van der Waals surface area (Å²) in [5.74, 6) is 1.18. The molecule has 1 aliphatic rings. The molecule has 1 amide bonds. The fourth-order valence-corrected chi connectivity index (χ4v) is 6.11. The van der Waals surface area contributed by atoms with Crippen molar-refractivity contribution >= 4 is 44.7 Å². The summed E-state index contributed by atoms with van der Waals surface area (Å²) < 4.78 is 11.7. The van der Waals surface area contributed by atoms with Gasteiger partial charge in [-0.1, -0.05) is 80.5 Å². The van der Waals surface area contributed by atoms with Crippen LogP contribution in [-0.2, 0) is 22.8 Å². The van der Waals surface area contributed by atoms with E-state index in [1.165, 1.54) is 16.9 Å². The van der Waals surface area contributed by atoms with Crippen molar-refractivity contribution in [1.82, 2.24) is 25.3 Å². The minimum atomic E-state index is -0.757. The predicted octanol–water partition coefficient (Wildman–Crippen LogP) is 8.23. The van der Waals surface area contributed by atoms with E-state index in [-0.39, 0.29) is 11.3 Å². The van der Waals surface area contributed by atoms with E-state index in [4.69, 9.17) is 0 Å². The number of aromatic nitrogens is 4. The van der Waals surface area contributed by atoms with Gasteiger partial charge < -0.3 is 10.3 Å². The Morgan fingerprint density at radius 2 is 1.76 bits per heavy atom. The van der Waals surface area contributed by atoms with Crippen molar-refractivity contribution in [3.8, 4) is 11.3 Å². The van der Waals surface area contributed by atoms with Crippen molar-refractivity contribution < 1.29 is 9.00 Å². The maximum absolute atomic E-state index is 12.7. The van der Waals surface area contributed by atoms with Crippen molar-refractivity contribution in [2.75, 3.05) is 11.5 Å². The number of nitrogens with zero attached hydrogens (tertiary/aromatic N) is 3. The Balaban J connectivity index is 0.000000966. The van der Waals surface area contributed by atoms with E-state index < -0.39 is 10.8 Å². The van der Waals surface area contributed by atoms with Crippen molar-refractivity contribution in [1.29, 1.82) is 0 Å². The summed E-state index contributed by atoms with van der Waals surface area (Å²) in [6.45, 7) is 20.8. The van der Waals surface area contributed by atoms with Crippen LogP contribution in [-0.4, -0.2) is 41.6 Å². The molecule has 1 aliphatic heterocycles. The van der Waals surface area contributed by atoms with Crippen LogP contribution in [0.1, 0.15) is 100 Å². The lowest BCUT2D eigenvalue weighted by atomic mass is 9.98. The Hall–Kier alpha value is -3.17. The minimum Gasteiger partial charge on any atom is -0.347 e. The highest BCUT2D eigenvalue weighted by Crippen LogP contribution is 2.31. The number of nitrogens with one attached hydrogen (secondary N) is 2. The molecule has 0 saturated heterocycles. The molecular formula is C33H47N5O2S2. The van der Waals surface area contributed by atoms with E-state index in [1.54, 1.807) is 12.5 Å². The number of thiazole rings is 1. The lowest BCUT2D eigenvalue weighted by Gasteiger charge is -2.13. The van der Waals surface area contributed by atoms with E-state index in [2.05, 4.69) is 64.2 Å². The van der Waals surface area contributed by atoms with Gasteiger partial charge in [-0.3, -0.25) is 9.00 Å². The molecule has 4 aromatic rings. The average Bonchev–Trinajstić information content (AvgIpc) is 3.68. The first-order valence-electron chi connectivity index (χ1n) is 14.9. The Labute approximate surface area is 258 Å². The lowest BCUT2D eigenvalue weighted by molar-refractivity contribution is 0.0954. The van der Waals surface area contributed by atoms with Gasteiger partial charge in [-0.2, -0.15) is 0 Å². The van der Waals surface area contributed by atoms with Gasteiger partial charge in [-0.05, 0) is 42.2 Å². The van der Waals surface area contributed by atoms with Crippen molar-refractivity contribution in [2.45, 2.75) is 87.6 Å². The Morgan fingerprint density at radius 1 is 1.05 bits per heavy atom. The number of hydrogen-bond acceptors (Lipinski definition) is 6. The monoisotopic (exact) mass is 609 g/mol. The van der Waals surface area contributed by atoms with Crippen LogP contribution in [0.3, 0.4) is 0 Å². The van der Waals surface area contributed by atoms with Crippen molar-refractivity contribution in [2.24, 2.45) is 0 Å². The SMILES string of the molecule is CC.CC.CC.Cc1cc(-c2ncnc3[nH]c(C4=CCS(=O)CC4)cc23)ccc1CNC(=O)c1cnc(C(C)(C)C)s1. The summed E-state index contributed by atoms with van der Waals surface area (Å²) >= 11 is 1.44. The fourth-order valence-electron chi connectivity index (χ4n) is 4.22. The van der Waals surface area contributed by atoms with E-state index >= 15 is 0 Å². The number of rotatable bonds is 5. The third kappa shape index (κ3) is 8.67. The molecule has 1 unspecified atom stereocenters. The predicted molar refractivity (Wildman–Crippen MR) is 181 cm³/mol. The van der Waals surface area contributed by atoms with Gasteiger partial charge in [0.25, 0.3) is 5.91 Å². The molecule has 228 valence electrons. The standard InChI is InChI=1S/C27H29N5O2S2.3C2H6/c1-16-11-18(5-6-19(16)13-28-25(33)22-14-29-26(35-22)27(2,3)4)23-20-12-21(32-24(20)31-15-30-23)17-7-9-36(34)10-8-17;3*1-2/h5-7,11-12,14-15H,8-10,13H2,1-4H3,(H,28,33)(H,30,31,32);3*1-2H3. The molecule has 7 nitrogen and oxygen atoms in total. The number of benzene rings is 1. The molecule has 0 bridgehead atoms. The van der Waals surface area contributed by atoms with Crippen LogP contribution in [0, 0.1) is 6.92 Å². The molecule has 0 aliphatic carbocycles. The van der Waals surface area contributed by atoms with Gasteiger partial charge in [0.1, 0.15) is 16.9 Å². The topological polar surface area (TPSA) is 101 Å². The van der Waals surface area contributed by atoms with E-state index in [1.807, 2.05) is 60.6 Å². The van der Waals surface area contributed by atoms with Crippen molar-refractivity contribution in [3.63, 3.8) is 0 Å². The highest BCUT2D eigenvalue weighted by Gasteiger charge is 2.20. The van der Waals surface area contributed by atoms with Gasteiger partial charge in [0.15, 0.2) is 0 Å². The number of aromatic amines is 1. The summed E-state index contributed by atoms with van der Waals surface area (Å²) in [5, 5.41) is 4.94. The third-order valence-corrected chi connectivity index (χ3v) is 8.93. The number of carbonyl (C=O) groups is 1. The van der Waals surface area contributed by atoms with Gasteiger partial charge in [0.2, 0.25) is 0 Å². The third-order valence-electron chi connectivity index (χ3n) is 6.31. The summed E-state index contributed by atoms with van der Waals surface area (Å²) in [7, 11) is -0.757. The normalized spacial score (nSPS) is 14.3. The van der Waals surface area contributed by atoms with Crippen LogP contribution in [0.2, 0.25) is 0 Å². The molecule has 5 rings (SSSR count). The summed E-state index contributed by atoms with van der Waals surface area (Å²) in [6, 6.07) is 8.27. The second-order valence-electron chi connectivity index (χ2n) is 10.1. The highest BCUT2D eigenvalue weighted by atomic mass is 32.2. The lowest BCUT2D eigenvalue weighted by Crippen LogP contribution is -2.22. The van der Waals surface area contributed by atoms with Gasteiger partial charge in [0, 0.05) is 50.9 Å². The van der Waals surface area contributed by atoms with E-state index in [9.17, 15) is 9.00 Å². The number of carbonyl (C=O) groups excluding carboxylic acids is 1. The smallest absolute Gasteiger partial charge is 0.263 e. The molecule has 4 heterocycles. The zero-order chi connectivity index (χ0) is 31.4. The second-order valence-corrected chi connectivity index (χ2v) is 12.7. The van der Waals surface area contributed by atoms with Crippen molar-refractivity contribution in [3.05, 3.63) is 69.6 Å². The first kappa shape index (κ1) is 35.0. The molecule has 0 saturated carbocycles. The van der Waals surface area contributed by atoms with Gasteiger partial charge in [-0.25, -0.2) is 15.0 Å².